The van der Waals surface area contributed by atoms with Crippen LogP contribution in [0.5, 0.6) is 0 Å². The fourth-order valence-corrected chi connectivity index (χ4v) is 0.869. The van der Waals surface area contributed by atoms with Crippen LogP contribution < -0.4 is 11.5 Å². The Labute approximate surface area is 81.4 Å². The fourth-order valence-electron chi connectivity index (χ4n) is 0.869. The first-order chi connectivity index (χ1) is 6.74. The molecule has 0 saturated heterocycles. The van der Waals surface area contributed by atoms with Crippen LogP contribution in [-0.2, 0) is 0 Å². The fraction of sp³-hybridized carbons (Fsp3) is 0. The molecule has 0 amide bonds. The summed E-state index contributed by atoms with van der Waals surface area (Å²) in [6.07, 6.45) is 1.43. The summed E-state index contributed by atoms with van der Waals surface area (Å²) in [5.74, 6) is -0.115. The van der Waals surface area contributed by atoms with Crippen molar-refractivity contribution in [2.24, 2.45) is 21.7 Å². The SMILES string of the molecule is N#Cc1ccccc1/C=N/N=C(N)N. The second-order valence-corrected chi connectivity index (χ2v) is 2.47. The number of nitriles is 1. The molecule has 0 bridgehead atoms. The molecule has 0 unspecified atom stereocenters. The largest absolute Gasteiger partial charge is 0.369 e. The Morgan fingerprint density at radius 3 is 2.71 bits per heavy atom. The van der Waals surface area contributed by atoms with Gasteiger partial charge in [0.05, 0.1) is 17.8 Å². The Morgan fingerprint density at radius 2 is 2.07 bits per heavy atom. The molecule has 0 aliphatic heterocycles. The van der Waals surface area contributed by atoms with E-state index in [1.807, 2.05) is 6.07 Å². The first-order valence-corrected chi connectivity index (χ1v) is 3.85. The Kier molecular flexibility index (Phi) is 3.21. The van der Waals surface area contributed by atoms with E-state index in [0.717, 1.165) is 0 Å². The van der Waals surface area contributed by atoms with E-state index in [1.165, 1.54) is 6.21 Å². The lowest BCUT2D eigenvalue weighted by Gasteiger charge is -1.93. The summed E-state index contributed by atoms with van der Waals surface area (Å²) >= 11 is 0. The van der Waals surface area contributed by atoms with E-state index in [1.54, 1.807) is 24.3 Å². The highest BCUT2D eigenvalue weighted by Gasteiger charge is 1.95. The average Bonchev–Trinajstić information content (AvgIpc) is 2.18. The molecule has 5 nitrogen and oxygen atoms in total. The number of hydrogen-bond acceptors (Lipinski definition) is 3. The van der Waals surface area contributed by atoms with Crippen LogP contribution >= 0.6 is 0 Å². The van der Waals surface area contributed by atoms with Gasteiger partial charge >= 0.3 is 0 Å². The van der Waals surface area contributed by atoms with Crippen LogP contribution in [0.1, 0.15) is 11.1 Å². The van der Waals surface area contributed by atoms with Gasteiger partial charge in [0.15, 0.2) is 0 Å². The van der Waals surface area contributed by atoms with Crippen molar-refractivity contribution in [3.8, 4) is 6.07 Å². The smallest absolute Gasteiger partial charge is 0.211 e. The quantitative estimate of drug-likeness (QED) is 0.392. The van der Waals surface area contributed by atoms with Crippen molar-refractivity contribution in [1.29, 1.82) is 5.26 Å². The van der Waals surface area contributed by atoms with Crippen molar-refractivity contribution in [3.63, 3.8) is 0 Å². The molecule has 1 aromatic rings. The van der Waals surface area contributed by atoms with Gasteiger partial charge in [0.25, 0.3) is 0 Å². The maximum atomic E-state index is 8.73. The molecule has 0 aliphatic rings. The highest BCUT2D eigenvalue weighted by molar-refractivity contribution is 5.84. The van der Waals surface area contributed by atoms with Gasteiger partial charge in [0, 0.05) is 5.56 Å². The molecule has 0 saturated carbocycles. The summed E-state index contributed by atoms with van der Waals surface area (Å²) < 4.78 is 0. The predicted molar refractivity (Wildman–Crippen MR) is 54.6 cm³/mol. The van der Waals surface area contributed by atoms with Crippen LogP contribution in [0.3, 0.4) is 0 Å². The summed E-state index contributed by atoms with van der Waals surface area (Å²) in [7, 11) is 0. The number of hydrogen-bond donors (Lipinski definition) is 2. The molecule has 14 heavy (non-hydrogen) atoms. The third kappa shape index (κ3) is 2.60. The number of nitrogens with two attached hydrogens (primary N) is 2. The lowest BCUT2D eigenvalue weighted by molar-refractivity contribution is 1.21. The number of nitrogens with zero attached hydrogens (tertiary/aromatic N) is 3. The van der Waals surface area contributed by atoms with Gasteiger partial charge in [-0.1, -0.05) is 18.2 Å². The molecule has 0 aromatic heterocycles. The number of guanidine groups is 1. The number of rotatable bonds is 2. The normalized spacial score (nSPS) is 9.64. The van der Waals surface area contributed by atoms with Crippen LogP contribution in [0.2, 0.25) is 0 Å². The first-order valence-electron chi connectivity index (χ1n) is 3.85. The second kappa shape index (κ2) is 4.62. The van der Waals surface area contributed by atoms with Gasteiger partial charge in [-0.15, -0.1) is 5.10 Å². The molecular formula is C9H9N5. The molecule has 0 heterocycles. The zero-order valence-electron chi connectivity index (χ0n) is 7.38. The summed E-state index contributed by atoms with van der Waals surface area (Å²) in [5, 5.41) is 15.8. The van der Waals surface area contributed by atoms with Crippen LogP contribution in [0.25, 0.3) is 0 Å². The van der Waals surface area contributed by atoms with Gasteiger partial charge in [-0.2, -0.15) is 10.4 Å². The van der Waals surface area contributed by atoms with E-state index in [4.69, 9.17) is 16.7 Å². The van der Waals surface area contributed by atoms with Crippen LogP contribution in [0.4, 0.5) is 0 Å². The molecule has 0 aliphatic carbocycles. The molecule has 0 radical (unpaired) electrons. The summed E-state index contributed by atoms with van der Waals surface area (Å²) in [5.41, 5.74) is 11.4. The monoisotopic (exact) mass is 187 g/mol. The van der Waals surface area contributed by atoms with Crippen molar-refractivity contribution >= 4 is 12.2 Å². The summed E-state index contributed by atoms with van der Waals surface area (Å²) in [4.78, 5) is 0. The minimum Gasteiger partial charge on any atom is -0.369 e. The van der Waals surface area contributed by atoms with Gasteiger partial charge in [0.2, 0.25) is 5.96 Å². The maximum Gasteiger partial charge on any atom is 0.211 e. The standard InChI is InChI=1S/C9H9N5/c10-5-7-3-1-2-4-8(7)6-13-14-9(11)12/h1-4,6H,(H4,11,12,14)/b13-6+. The lowest BCUT2D eigenvalue weighted by Crippen LogP contribution is -2.21. The second-order valence-electron chi connectivity index (χ2n) is 2.47. The van der Waals surface area contributed by atoms with Crippen LogP contribution in [0, 0.1) is 11.3 Å². The van der Waals surface area contributed by atoms with Crippen molar-refractivity contribution < 1.29 is 0 Å². The Hall–Kier alpha value is -2.35. The lowest BCUT2D eigenvalue weighted by atomic mass is 10.1. The zero-order valence-corrected chi connectivity index (χ0v) is 7.38. The zero-order chi connectivity index (χ0) is 10.4. The predicted octanol–water partition coefficient (Wildman–Crippen LogP) is 0.166. The van der Waals surface area contributed by atoms with Gasteiger partial charge in [-0.05, 0) is 6.07 Å². The average molecular weight is 187 g/mol. The van der Waals surface area contributed by atoms with E-state index in [2.05, 4.69) is 10.2 Å². The van der Waals surface area contributed by atoms with Crippen molar-refractivity contribution in [2.45, 2.75) is 0 Å². The molecule has 4 N–H and O–H groups in total. The highest BCUT2D eigenvalue weighted by Crippen LogP contribution is 2.03. The molecule has 1 aromatic carbocycles. The molecule has 0 atom stereocenters. The minimum atomic E-state index is -0.115. The van der Waals surface area contributed by atoms with Crippen molar-refractivity contribution in [3.05, 3.63) is 35.4 Å². The van der Waals surface area contributed by atoms with Crippen LogP contribution in [-0.4, -0.2) is 12.2 Å². The molecule has 0 fully saturated rings. The van der Waals surface area contributed by atoms with Gasteiger partial charge in [-0.25, -0.2) is 0 Å². The highest BCUT2D eigenvalue weighted by atomic mass is 15.3. The van der Waals surface area contributed by atoms with Gasteiger partial charge < -0.3 is 11.5 Å². The van der Waals surface area contributed by atoms with E-state index in [9.17, 15) is 0 Å². The molecule has 1 rings (SSSR count). The molecule has 70 valence electrons. The third-order valence-electron chi connectivity index (χ3n) is 1.45. The van der Waals surface area contributed by atoms with E-state index < -0.39 is 0 Å². The Bertz CT molecular complexity index is 409. The van der Waals surface area contributed by atoms with Crippen LogP contribution in [0.15, 0.2) is 34.5 Å². The van der Waals surface area contributed by atoms with E-state index in [0.29, 0.717) is 11.1 Å². The molecular weight excluding hydrogens is 178 g/mol. The van der Waals surface area contributed by atoms with E-state index >= 15 is 0 Å². The molecule has 5 heteroatoms. The third-order valence-corrected chi connectivity index (χ3v) is 1.45. The Morgan fingerprint density at radius 1 is 1.36 bits per heavy atom. The van der Waals surface area contributed by atoms with E-state index in [-0.39, 0.29) is 5.96 Å². The van der Waals surface area contributed by atoms with Crippen molar-refractivity contribution in [2.75, 3.05) is 0 Å². The maximum absolute atomic E-state index is 8.73. The van der Waals surface area contributed by atoms with Gasteiger partial charge in [-0.3, -0.25) is 0 Å². The molecule has 0 spiro atoms. The number of benzene rings is 1. The summed E-state index contributed by atoms with van der Waals surface area (Å²) in [6.45, 7) is 0. The van der Waals surface area contributed by atoms with Crippen molar-refractivity contribution in [1.82, 2.24) is 0 Å². The van der Waals surface area contributed by atoms with Gasteiger partial charge in [0.1, 0.15) is 0 Å². The Balaban J connectivity index is 2.93. The minimum absolute atomic E-state index is 0.115. The summed E-state index contributed by atoms with van der Waals surface area (Å²) in [6, 6.07) is 9.05. The topological polar surface area (TPSA) is 101 Å². The first kappa shape index (κ1) is 9.74.